The molecule has 0 spiro atoms. The molecule has 0 aliphatic heterocycles. The minimum absolute atomic E-state index is 0.718. The molecular weight excluding hydrogens is 331 g/mol. The van der Waals surface area contributed by atoms with Crippen LogP contribution in [0.5, 0.6) is 0 Å². The summed E-state index contributed by atoms with van der Waals surface area (Å²) < 4.78 is 0. The third kappa shape index (κ3) is 7.01. The van der Waals surface area contributed by atoms with E-state index in [-0.39, 0.29) is 0 Å². The molecule has 3 heteroatoms. The lowest BCUT2D eigenvalue weighted by Gasteiger charge is -2.05. The third-order valence-electron chi connectivity index (χ3n) is 3.09. The van der Waals surface area contributed by atoms with E-state index in [4.69, 9.17) is 23.2 Å². The van der Waals surface area contributed by atoms with Crippen LogP contribution in [0.4, 0.5) is 0 Å². The number of halogens is 3. The molecule has 1 rings (SSSR count). The average Bonchev–Trinajstić information content (AvgIpc) is 2.35. The van der Waals surface area contributed by atoms with Crippen LogP contribution in [0.3, 0.4) is 0 Å². The van der Waals surface area contributed by atoms with E-state index in [2.05, 4.69) is 15.9 Å². The highest BCUT2D eigenvalue weighted by atomic mass is 79.9. The van der Waals surface area contributed by atoms with Crippen LogP contribution in [0.15, 0.2) is 18.2 Å². The van der Waals surface area contributed by atoms with Crippen molar-refractivity contribution in [3.8, 4) is 0 Å². The van der Waals surface area contributed by atoms with E-state index in [0.717, 1.165) is 21.8 Å². The average molecular weight is 352 g/mol. The first-order valence-electron chi connectivity index (χ1n) is 6.74. The summed E-state index contributed by atoms with van der Waals surface area (Å²) in [5.74, 6) is 0. The van der Waals surface area contributed by atoms with Gasteiger partial charge in [-0.15, -0.1) is 0 Å². The van der Waals surface area contributed by atoms with E-state index in [1.807, 2.05) is 18.2 Å². The summed E-state index contributed by atoms with van der Waals surface area (Å²) in [5.41, 5.74) is 1.22. The van der Waals surface area contributed by atoms with Crippen LogP contribution in [-0.2, 0) is 6.42 Å². The molecule has 0 saturated heterocycles. The molecule has 0 aromatic heterocycles. The first-order valence-corrected chi connectivity index (χ1v) is 8.61. The Morgan fingerprint density at radius 2 is 1.44 bits per heavy atom. The van der Waals surface area contributed by atoms with Gasteiger partial charge in [0.15, 0.2) is 0 Å². The van der Waals surface area contributed by atoms with Crippen molar-refractivity contribution in [2.24, 2.45) is 0 Å². The van der Waals surface area contributed by atoms with Crippen molar-refractivity contribution in [2.45, 2.75) is 51.4 Å². The van der Waals surface area contributed by atoms with Crippen LogP contribution >= 0.6 is 39.1 Å². The maximum Gasteiger partial charge on any atom is 0.0452 e. The molecule has 0 aliphatic rings. The molecule has 0 saturated carbocycles. The topological polar surface area (TPSA) is 0 Å². The monoisotopic (exact) mass is 350 g/mol. The molecule has 0 nitrogen and oxygen atoms in total. The van der Waals surface area contributed by atoms with Crippen LogP contribution in [0, 0.1) is 0 Å². The van der Waals surface area contributed by atoms with Gasteiger partial charge in [-0.25, -0.2) is 0 Å². The smallest absolute Gasteiger partial charge is 0.0452 e. The molecule has 1 aromatic rings. The Morgan fingerprint density at radius 3 is 2.06 bits per heavy atom. The van der Waals surface area contributed by atoms with Gasteiger partial charge >= 0.3 is 0 Å². The van der Waals surface area contributed by atoms with E-state index in [1.165, 1.54) is 50.5 Å². The minimum atomic E-state index is 0.718. The quantitative estimate of drug-likeness (QED) is 0.344. The summed E-state index contributed by atoms with van der Waals surface area (Å²) in [7, 11) is 0. The highest BCUT2D eigenvalue weighted by Gasteiger charge is 2.01. The number of unbranched alkanes of at least 4 members (excludes halogenated alkanes) is 6. The second-order valence-corrected chi connectivity index (χ2v) is 6.29. The zero-order valence-electron chi connectivity index (χ0n) is 10.7. The number of hydrogen-bond donors (Lipinski definition) is 0. The highest BCUT2D eigenvalue weighted by Crippen LogP contribution is 2.22. The van der Waals surface area contributed by atoms with E-state index in [0.29, 0.717) is 0 Å². The predicted octanol–water partition coefficient (Wildman–Crippen LogP) is 6.66. The summed E-state index contributed by atoms with van der Waals surface area (Å²) in [6.07, 6.45) is 10.3. The Bertz CT molecular complexity index is 339. The maximum atomic E-state index is 6.14. The fraction of sp³-hybridized carbons (Fsp3) is 0.600. The molecule has 18 heavy (non-hydrogen) atoms. The SMILES string of the molecule is Clc1ccc(CCCCCCCCCBr)c(Cl)c1. The Hall–Kier alpha value is 0.280. The second-order valence-electron chi connectivity index (χ2n) is 4.65. The van der Waals surface area contributed by atoms with Gasteiger partial charge < -0.3 is 0 Å². The number of rotatable bonds is 9. The molecule has 0 amide bonds. The molecule has 0 bridgehead atoms. The van der Waals surface area contributed by atoms with E-state index in [9.17, 15) is 0 Å². The van der Waals surface area contributed by atoms with Gasteiger partial charge in [-0.3, -0.25) is 0 Å². The van der Waals surface area contributed by atoms with Gasteiger partial charge in [0.2, 0.25) is 0 Å². The predicted molar refractivity (Wildman–Crippen MR) is 86.3 cm³/mol. The second kappa shape index (κ2) is 10.1. The number of aryl methyl sites for hydroxylation is 1. The molecule has 1 aromatic carbocycles. The Kier molecular flexibility index (Phi) is 9.18. The lowest BCUT2D eigenvalue weighted by molar-refractivity contribution is 0.591. The Morgan fingerprint density at radius 1 is 0.833 bits per heavy atom. The van der Waals surface area contributed by atoms with Crippen molar-refractivity contribution in [2.75, 3.05) is 5.33 Å². The van der Waals surface area contributed by atoms with Crippen LogP contribution in [0.25, 0.3) is 0 Å². The summed E-state index contributed by atoms with van der Waals surface area (Å²) in [6, 6.07) is 5.79. The van der Waals surface area contributed by atoms with Crippen LogP contribution in [-0.4, -0.2) is 5.33 Å². The van der Waals surface area contributed by atoms with Gasteiger partial charge in [0.25, 0.3) is 0 Å². The summed E-state index contributed by atoms with van der Waals surface area (Å²) in [4.78, 5) is 0. The Balaban J connectivity index is 2.07. The number of alkyl halides is 1. The van der Waals surface area contributed by atoms with Gasteiger partial charge in [-0.05, 0) is 37.0 Å². The van der Waals surface area contributed by atoms with Gasteiger partial charge in [0.1, 0.15) is 0 Å². The van der Waals surface area contributed by atoms with E-state index in [1.54, 1.807) is 0 Å². The summed E-state index contributed by atoms with van der Waals surface area (Å²) >= 11 is 15.5. The molecule has 0 unspecified atom stereocenters. The van der Waals surface area contributed by atoms with Crippen LogP contribution in [0.1, 0.15) is 50.5 Å². The standard InChI is InChI=1S/C15H21BrCl2/c16-11-7-5-3-1-2-4-6-8-13-9-10-14(17)12-15(13)18/h9-10,12H,1-8,11H2. The van der Waals surface area contributed by atoms with Crippen LogP contribution in [0.2, 0.25) is 10.0 Å². The molecular formula is C15H21BrCl2. The first kappa shape index (κ1) is 16.3. The highest BCUT2D eigenvalue weighted by molar-refractivity contribution is 9.09. The third-order valence-corrected chi connectivity index (χ3v) is 4.24. The van der Waals surface area contributed by atoms with Gasteiger partial charge in [0, 0.05) is 15.4 Å². The molecule has 0 fully saturated rings. The van der Waals surface area contributed by atoms with Crippen LogP contribution < -0.4 is 0 Å². The van der Waals surface area contributed by atoms with Crippen molar-refractivity contribution < 1.29 is 0 Å². The van der Waals surface area contributed by atoms with Crippen molar-refractivity contribution in [1.82, 2.24) is 0 Å². The fourth-order valence-corrected chi connectivity index (χ4v) is 2.92. The number of hydrogen-bond acceptors (Lipinski definition) is 0. The van der Waals surface area contributed by atoms with Crippen molar-refractivity contribution >= 4 is 39.1 Å². The molecule has 102 valence electrons. The Labute approximate surface area is 129 Å². The lowest BCUT2D eigenvalue weighted by atomic mass is 10.0. The minimum Gasteiger partial charge on any atom is -0.0928 e. The molecule has 0 atom stereocenters. The van der Waals surface area contributed by atoms with E-state index < -0.39 is 0 Å². The largest absolute Gasteiger partial charge is 0.0928 e. The zero-order chi connectivity index (χ0) is 13.2. The van der Waals surface area contributed by atoms with E-state index >= 15 is 0 Å². The first-order chi connectivity index (χ1) is 8.74. The number of benzene rings is 1. The van der Waals surface area contributed by atoms with Gasteiger partial charge in [-0.2, -0.15) is 0 Å². The molecule has 0 radical (unpaired) electrons. The molecule has 0 aliphatic carbocycles. The lowest BCUT2D eigenvalue weighted by Crippen LogP contribution is -1.88. The summed E-state index contributed by atoms with van der Waals surface area (Å²) in [5, 5.41) is 2.66. The fourth-order valence-electron chi connectivity index (χ4n) is 2.02. The van der Waals surface area contributed by atoms with Crippen molar-refractivity contribution in [1.29, 1.82) is 0 Å². The van der Waals surface area contributed by atoms with Crippen molar-refractivity contribution in [3.63, 3.8) is 0 Å². The molecule has 0 N–H and O–H groups in total. The van der Waals surface area contributed by atoms with Crippen molar-refractivity contribution in [3.05, 3.63) is 33.8 Å². The zero-order valence-corrected chi connectivity index (χ0v) is 13.8. The summed E-state index contributed by atoms with van der Waals surface area (Å²) in [6.45, 7) is 0. The van der Waals surface area contributed by atoms with Gasteiger partial charge in [0.05, 0.1) is 0 Å². The van der Waals surface area contributed by atoms with Gasteiger partial charge in [-0.1, -0.05) is 77.3 Å². The maximum absolute atomic E-state index is 6.14. The molecule has 0 heterocycles. The normalized spacial score (nSPS) is 10.8.